The lowest BCUT2D eigenvalue weighted by molar-refractivity contribution is 0.0699. The van der Waals surface area contributed by atoms with Crippen LogP contribution in [0.4, 0.5) is 26.0 Å². The van der Waals surface area contributed by atoms with Crippen molar-refractivity contribution in [2.75, 3.05) is 40.7 Å². The van der Waals surface area contributed by atoms with Gasteiger partial charge in [0.25, 0.3) is 10.0 Å². The number of benzene rings is 3. The molecule has 1 saturated heterocycles. The van der Waals surface area contributed by atoms with Gasteiger partial charge in [0.05, 0.1) is 16.0 Å². The number of fused-ring (bicyclic) bond motifs is 1. The summed E-state index contributed by atoms with van der Waals surface area (Å²) in [5, 5.41) is 10.1. The number of carbonyl (C=O) groups is 1. The maximum absolute atomic E-state index is 13.6. The molecule has 0 spiro atoms. The van der Waals surface area contributed by atoms with Crippen LogP contribution in [-0.2, 0) is 10.0 Å². The zero-order chi connectivity index (χ0) is 26.2. The van der Waals surface area contributed by atoms with Gasteiger partial charge < -0.3 is 14.9 Å². The minimum absolute atomic E-state index is 0.0284. The number of halogens is 2. The molecule has 0 radical (unpaired) electrons. The van der Waals surface area contributed by atoms with Crippen molar-refractivity contribution in [1.82, 2.24) is 4.98 Å². The molecule has 1 aliphatic heterocycles. The van der Waals surface area contributed by atoms with E-state index in [1.807, 2.05) is 35.2 Å². The molecule has 3 aromatic carbocycles. The number of nitrogens with one attached hydrogen (secondary N) is 1. The second-order valence-electron chi connectivity index (χ2n) is 8.56. The number of carboxylic acid groups (broad SMARTS) is 1. The lowest BCUT2D eigenvalue weighted by Gasteiger charge is -2.37. The van der Waals surface area contributed by atoms with Crippen LogP contribution in [0.5, 0.6) is 0 Å². The first-order valence-electron chi connectivity index (χ1n) is 11.4. The average Bonchev–Trinajstić information content (AvgIpc) is 2.90. The van der Waals surface area contributed by atoms with Gasteiger partial charge in [-0.05, 0) is 54.6 Å². The average molecular weight is 525 g/mol. The fourth-order valence-electron chi connectivity index (χ4n) is 4.30. The molecule has 0 atom stereocenters. The molecule has 5 rings (SSSR count). The van der Waals surface area contributed by atoms with Crippen molar-refractivity contribution in [1.29, 1.82) is 0 Å². The summed E-state index contributed by atoms with van der Waals surface area (Å²) in [6, 6.07) is 18.1. The number of aromatic nitrogens is 1. The number of pyridine rings is 1. The van der Waals surface area contributed by atoms with E-state index in [9.17, 15) is 27.1 Å². The normalized spacial score (nSPS) is 14.1. The monoisotopic (exact) mass is 524 g/mol. The molecule has 190 valence electrons. The molecule has 0 unspecified atom stereocenters. The Labute approximate surface area is 211 Å². The molecule has 11 heteroatoms. The Morgan fingerprint density at radius 1 is 0.865 bits per heavy atom. The van der Waals surface area contributed by atoms with Gasteiger partial charge in [0.2, 0.25) is 0 Å². The topological polar surface area (TPSA) is 103 Å². The summed E-state index contributed by atoms with van der Waals surface area (Å²) in [7, 11) is -4.25. The van der Waals surface area contributed by atoms with Crippen LogP contribution >= 0.6 is 0 Å². The Morgan fingerprint density at radius 3 is 2.24 bits per heavy atom. The van der Waals surface area contributed by atoms with E-state index in [0.29, 0.717) is 30.5 Å². The fraction of sp³-hybridized carbons (Fsp3) is 0.154. The zero-order valence-electron chi connectivity index (χ0n) is 19.4. The van der Waals surface area contributed by atoms with Crippen LogP contribution in [0.1, 0.15) is 10.4 Å². The molecule has 1 aromatic heterocycles. The Morgan fingerprint density at radius 2 is 1.57 bits per heavy atom. The van der Waals surface area contributed by atoms with Crippen molar-refractivity contribution in [3.8, 4) is 0 Å². The van der Waals surface area contributed by atoms with E-state index in [1.54, 1.807) is 0 Å². The number of rotatable bonds is 6. The van der Waals surface area contributed by atoms with Gasteiger partial charge in [0.15, 0.2) is 11.6 Å². The van der Waals surface area contributed by atoms with Crippen LogP contribution in [0.3, 0.4) is 0 Å². The van der Waals surface area contributed by atoms with E-state index in [1.165, 1.54) is 24.3 Å². The highest BCUT2D eigenvalue weighted by Gasteiger charge is 2.22. The second kappa shape index (κ2) is 9.66. The van der Waals surface area contributed by atoms with Crippen molar-refractivity contribution in [2.45, 2.75) is 4.90 Å². The molecule has 1 aliphatic rings. The second-order valence-corrected chi connectivity index (χ2v) is 10.2. The number of piperazine rings is 1. The minimum atomic E-state index is -4.25. The minimum Gasteiger partial charge on any atom is -0.478 e. The first kappa shape index (κ1) is 24.4. The summed E-state index contributed by atoms with van der Waals surface area (Å²) in [6.45, 7) is 2.80. The SMILES string of the molecule is O=C(O)c1cc(N2CCN(c3ccccc3)CC2)nc2ccc(NS(=O)(=O)c3ccc(F)c(F)c3)cc12. The highest BCUT2D eigenvalue weighted by Crippen LogP contribution is 2.28. The Bertz CT molecular complexity index is 1590. The quantitative estimate of drug-likeness (QED) is 0.387. The van der Waals surface area contributed by atoms with E-state index in [0.717, 1.165) is 30.9 Å². The third-order valence-electron chi connectivity index (χ3n) is 6.20. The number of anilines is 3. The summed E-state index contributed by atoms with van der Waals surface area (Å²) in [4.78, 5) is 20.5. The molecular weight excluding hydrogens is 502 g/mol. The Balaban J connectivity index is 1.41. The summed E-state index contributed by atoms with van der Waals surface area (Å²) in [5.74, 6) is -3.13. The number of aromatic carboxylic acids is 1. The molecule has 2 heterocycles. The van der Waals surface area contributed by atoms with Gasteiger partial charge in [-0.1, -0.05) is 18.2 Å². The summed E-state index contributed by atoms with van der Waals surface area (Å²) in [5.41, 5.74) is 1.54. The zero-order valence-corrected chi connectivity index (χ0v) is 20.3. The summed E-state index contributed by atoms with van der Waals surface area (Å²) in [6.07, 6.45) is 0. The molecule has 0 saturated carbocycles. The highest BCUT2D eigenvalue weighted by atomic mass is 32.2. The molecule has 0 bridgehead atoms. The van der Waals surface area contributed by atoms with Crippen LogP contribution in [-0.4, -0.2) is 50.7 Å². The maximum atomic E-state index is 13.6. The van der Waals surface area contributed by atoms with Crippen molar-refractivity contribution in [3.63, 3.8) is 0 Å². The molecular formula is C26H22F2N4O4S. The molecule has 4 aromatic rings. The number of hydrogen-bond acceptors (Lipinski definition) is 6. The van der Waals surface area contributed by atoms with Gasteiger partial charge in [-0.3, -0.25) is 4.72 Å². The molecule has 0 amide bonds. The van der Waals surface area contributed by atoms with E-state index >= 15 is 0 Å². The smallest absolute Gasteiger partial charge is 0.336 e. The van der Waals surface area contributed by atoms with Crippen LogP contribution in [0.2, 0.25) is 0 Å². The van der Waals surface area contributed by atoms with Gasteiger partial charge in [-0.15, -0.1) is 0 Å². The van der Waals surface area contributed by atoms with Crippen molar-refractivity contribution < 1.29 is 27.1 Å². The first-order valence-corrected chi connectivity index (χ1v) is 12.9. The van der Waals surface area contributed by atoms with Crippen molar-refractivity contribution in [3.05, 3.63) is 90.0 Å². The summed E-state index contributed by atoms with van der Waals surface area (Å²) < 4.78 is 54.4. The van der Waals surface area contributed by atoms with Gasteiger partial charge in [-0.2, -0.15) is 0 Å². The van der Waals surface area contributed by atoms with Crippen LogP contribution in [0.25, 0.3) is 10.9 Å². The molecule has 0 aliphatic carbocycles. The number of hydrogen-bond donors (Lipinski definition) is 2. The van der Waals surface area contributed by atoms with E-state index in [4.69, 9.17) is 0 Å². The molecule has 8 nitrogen and oxygen atoms in total. The standard InChI is InChI=1S/C26H22F2N4O4S/c27-22-8-7-19(15-23(22)28)37(35,36)30-17-6-9-24-20(14-17)21(26(33)34)16-25(29-24)32-12-10-31(11-13-32)18-4-2-1-3-5-18/h1-9,14-16,30H,10-13H2,(H,33,34). The van der Waals surface area contributed by atoms with E-state index < -0.39 is 32.5 Å². The van der Waals surface area contributed by atoms with Crippen LogP contribution in [0.15, 0.2) is 77.7 Å². The predicted octanol–water partition coefficient (Wildman–Crippen LogP) is 4.34. The first-order chi connectivity index (χ1) is 17.7. The van der Waals surface area contributed by atoms with Crippen molar-refractivity contribution >= 4 is 44.1 Å². The number of sulfonamides is 1. The highest BCUT2D eigenvalue weighted by molar-refractivity contribution is 7.92. The van der Waals surface area contributed by atoms with Gasteiger partial charge in [-0.25, -0.2) is 27.0 Å². The number of carboxylic acids is 1. The third kappa shape index (κ3) is 5.03. The lowest BCUT2D eigenvalue weighted by Crippen LogP contribution is -2.46. The number of nitrogens with zero attached hydrogens (tertiary/aromatic N) is 3. The Kier molecular flexibility index (Phi) is 6.38. The van der Waals surface area contributed by atoms with Crippen molar-refractivity contribution in [2.24, 2.45) is 0 Å². The largest absolute Gasteiger partial charge is 0.478 e. The molecule has 37 heavy (non-hydrogen) atoms. The lowest BCUT2D eigenvalue weighted by atomic mass is 10.1. The molecule has 1 fully saturated rings. The summed E-state index contributed by atoms with van der Waals surface area (Å²) >= 11 is 0. The predicted molar refractivity (Wildman–Crippen MR) is 137 cm³/mol. The third-order valence-corrected chi connectivity index (χ3v) is 7.58. The number of para-hydroxylation sites is 1. The van der Waals surface area contributed by atoms with Gasteiger partial charge in [0, 0.05) is 42.9 Å². The Hall–Kier alpha value is -4.25. The van der Waals surface area contributed by atoms with E-state index in [2.05, 4.69) is 14.6 Å². The fourth-order valence-corrected chi connectivity index (χ4v) is 5.37. The van der Waals surface area contributed by atoms with Gasteiger partial charge in [0.1, 0.15) is 5.82 Å². The molecule has 2 N–H and O–H groups in total. The maximum Gasteiger partial charge on any atom is 0.336 e. The van der Waals surface area contributed by atoms with E-state index in [-0.39, 0.29) is 16.6 Å². The van der Waals surface area contributed by atoms with Gasteiger partial charge >= 0.3 is 5.97 Å². The van der Waals surface area contributed by atoms with Crippen LogP contribution < -0.4 is 14.5 Å². The van der Waals surface area contributed by atoms with Crippen LogP contribution in [0, 0.1) is 11.6 Å².